The Labute approximate surface area is 132 Å². The summed E-state index contributed by atoms with van der Waals surface area (Å²) < 4.78 is 14.8. The average molecular weight is 319 g/mol. The summed E-state index contributed by atoms with van der Waals surface area (Å²) in [5, 5.41) is 3.12. The molecule has 1 amide bonds. The number of benzene rings is 1. The Kier molecular flexibility index (Phi) is 5.35. The Morgan fingerprint density at radius 1 is 1.13 bits per heavy atom. The van der Waals surface area contributed by atoms with E-state index >= 15 is 0 Å². The van der Waals surface area contributed by atoms with Crippen molar-refractivity contribution < 1.29 is 23.5 Å². The van der Waals surface area contributed by atoms with E-state index in [0.29, 0.717) is 16.6 Å². The van der Waals surface area contributed by atoms with Gasteiger partial charge in [-0.3, -0.25) is 10.1 Å². The van der Waals surface area contributed by atoms with Crippen LogP contribution in [0.5, 0.6) is 0 Å². The zero-order chi connectivity index (χ0) is 16.8. The maximum absolute atomic E-state index is 11.6. The second-order valence-electron chi connectivity index (χ2n) is 4.63. The number of rotatable bonds is 5. The number of amides is 1. The molecule has 1 N–H and O–H groups in total. The first kappa shape index (κ1) is 16.5. The molecule has 0 bridgehead atoms. The second kappa shape index (κ2) is 7.44. The molecule has 122 valence electrons. The summed E-state index contributed by atoms with van der Waals surface area (Å²) in [5.74, 6) is -0.423. The molecule has 0 aliphatic carbocycles. The minimum Gasteiger partial charge on any atom is -0.466 e. The molecular formula is C16H17NO6. The van der Waals surface area contributed by atoms with Gasteiger partial charge in [0.2, 0.25) is 0 Å². The molecule has 0 aliphatic heterocycles. The Hall–Kier alpha value is -2.83. The van der Waals surface area contributed by atoms with Gasteiger partial charge < -0.3 is 13.9 Å². The van der Waals surface area contributed by atoms with Crippen molar-refractivity contribution in [1.29, 1.82) is 0 Å². The van der Waals surface area contributed by atoms with E-state index in [0.717, 1.165) is 0 Å². The molecule has 0 unspecified atom stereocenters. The van der Waals surface area contributed by atoms with Gasteiger partial charge >= 0.3 is 17.7 Å². The lowest BCUT2D eigenvalue weighted by molar-refractivity contribution is -0.142. The first-order valence-electron chi connectivity index (χ1n) is 7.19. The maximum atomic E-state index is 11.6. The van der Waals surface area contributed by atoms with Crippen LogP contribution in [0.3, 0.4) is 0 Å². The molecule has 2 aromatic rings. The van der Waals surface area contributed by atoms with Crippen molar-refractivity contribution in [2.45, 2.75) is 20.3 Å². The lowest BCUT2D eigenvalue weighted by Gasteiger charge is -2.08. The number of esters is 1. The predicted octanol–water partition coefficient (Wildman–Crippen LogP) is 2.47. The average Bonchev–Trinajstić information content (AvgIpc) is 2.47. The van der Waals surface area contributed by atoms with Crippen LogP contribution in [0.1, 0.15) is 19.4 Å². The summed E-state index contributed by atoms with van der Waals surface area (Å²) in [6.45, 7) is 3.92. The monoisotopic (exact) mass is 319 g/mol. The number of carbonyl (C=O) groups is 2. The molecule has 7 nitrogen and oxygen atoms in total. The topological polar surface area (TPSA) is 94.8 Å². The van der Waals surface area contributed by atoms with Crippen LogP contribution in [0.25, 0.3) is 11.0 Å². The molecule has 0 aliphatic rings. The fourth-order valence-electron chi connectivity index (χ4n) is 2.11. The van der Waals surface area contributed by atoms with E-state index in [9.17, 15) is 14.4 Å². The summed E-state index contributed by atoms with van der Waals surface area (Å²) in [6.07, 6.45) is -0.627. The van der Waals surface area contributed by atoms with Crippen molar-refractivity contribution in [3.8, 4) is 0 Å². The third-order valence-corrected chi connectivity index (χ3v) is 2.99. The van der Waals surface area contributed by atoms with Crippen molar-refractivity contribution in [2.75, 3.05) is 18.5 Å². The van der Waals surface area contributed by atoms with Gasteiger partial charge in [-0.05, 0) is 31.5 Å². The van der Waals surface area contributed by atoms with Crippen LogP contribution in [-0.2, 0) is 20.7 Å². The summed E-state index contributed by atoms with van der Waals surface area (Å²) >= 11 is 0. The van der Waals surface area contributed by atoms with Crippen LogP contribution >= 0.6 is 0 Å². The molecule has 1 aromatic heterocycles. The zero-order valence-corrected chi connectivity index (χ0v) is 12.9. The Morgan fingerprint density at radius 3 is 2.57 bits per heavy atom. The van der Waals surface area contributed by atoms with Crippen molar-refractivity contribution in [2.24, 2.45) is 0 Å². The van der Waals surface area contributed by atoms with E-state index in [4.69, 9.17) is 13.9 Å². The molecule has 1 aromatic carbocycles. The first-order valence-corrected chi connectivity index (χ1v) is 7.19. The Morgan fingerprint density at radius 2 is 1.87 bits per heavy atom. The van der Waals surface area contributed by atoms with Gasteiger partial charge in [0, 0.05) is 23.2 Å². The number of anilines is 1. The van der Waals surface area contributed by atoms with Crippen molar-refractivity contribution >= 4 is 28.7 Å². The number of carbonyl (C=O) groups excluding carboxylic acids is 2. The van der Waals surface area contributed by atoms with E-state index in [-0.39, 0.29) is 25.2 Å². The Bertz CT molecular complexity index is 780. The molecule has 0 saturated heterocycles. The number of ether oxygens (including phenoxy) is 2. The molecule has 0 fully saturated rings. The molecular weight excluding hydrogens is 302 g/mol. The smallest absolute Gasteiger partial charge is 0.411 e. The fourth-order valence-corrected chi connectivity index (χ4v) is 2.11. The van der Waals surface area contributed by atoms with Crippen molar-refractivity contribution in [1.82, 2.24) is 0 Å². The van der Waals surface area contributed by atoms with Crippen LogP contribution in [-0.4, -0.2) is 25.3 Å². The van der Waals surface area contributed by atoms with Crippen molar-refractivity contribution in [3.63, 3.8) is 0 Å². The van der Waals surface area contributed by atoms with Crippen LogP contribution in [0.2, 0.25) is 0 Å². The molecule has 1 heterocycles. The van der Waals surface area contributed by atoms with Gasteiger partial charge in [-0.15, -0.1) is 0 Å². The largest absolute Gasteiger partial charge is 0.466 e. The van der Waals surface area contributed by atoms with Gasteiger partial charge in [0.25, 0.3) is 0 Å². The molecule has 0 spiro atoms. The normalized spacial score (nSPS) is 10.3. The molecule has 23 heavy (non-hydrogen) atoms. The highest BCUT2D eigenvalue weighted by Gasteiger charge is 2.12. The number of fused-ring (bicyclic) bond motifs is 1. The van der Waals surface area contributed by atoms with E-state index < -0.39 is 17.7 Å². The predicted molar refractivity (Wildman–Crippen MR) is 83.5 cm³/mol. The van der Waals surface area contributed by atoms with Gasteiger partial charge in [-0.1, -0.05) is 0 Å². The summed E-state index contributed by atoms with van der Waals surface area (Å²) in [7, 11) is 0. The lowest BCUT2D eigenvalue weighted by atomic mass is 10.1. The molecule has 2 rings (SSSR count). The van der Waals surface area contributed by atoms with Crippen LogP contribution < -0.4 is 10.9 Å². The third kappa shape index (κ3) is 4.32. The van der Waals surface area contributed by atoms with Gasteiger partial charge in [-0.2, -0.15) is 0 Å². The van der Waals surface area contributed by atoms with E-state index in [1.807, 2.05) is 0 Å². The zero-order valence-electron chi connectivity index (χ0n) is 12.9. The quantitative estimate of drug-likeness (QED) is 0.672. The van der Waals surface area contributed by atoms with Gasteiger partial charge in [0.1, 0.15) is 5.58 Å². The van der Waals surface area contributed by atoms with E-state index in [1.54, 1.807) is 26.0 Å². The SMILES string of the molecule is CCOC(=O)Cc1cc(=O)oc2cc(NC(=O)OCC)ccc12. The van der Waals surface area contributed by atoms with Gasteiger partial charge in [0.05, 0.1) is 19.6 Å². The molecule has 7 heteroatoms. The van der Waals surface area contributed by atoms with Crippen molar-refractivity contribution in [3.05, 3.63) is 40.2 Å². The summed E-state index contributed by atoms with van der Waals surface area (Å²) in [5.41, 5.74) is 0.626. The second-order valence-corrected chi connectivity index (χ2v) is 4.63. The van der Waals surface area contributed by atoms with Crippen LogP contribution in [0.15, 0.2) is 33.5 Å². The highest BCUT2D eigenvalue weighted by molar-refractivity contribution is 5.91. The first-order chi connectivity index (χ1) is 11.0. The molecule has 0 saturated carbocycles. The van der Waals surface area contributed by atoms with E-state index in [2.05, 4.69) is 5.32 Å². The lowest BCUT2D eigenvalue weighted by Crippen LogP contribution is -2.13. The fraction of sp³-hybridized carbons (Fsp3) is 0.312. The third-order valence-electron chi connectivity index (χ3n) is 2.99. The van der Waals surface area contributed by atoms with Crippen LogP contribution in [0, 0.1) is 0 Å². The van der Waals surface area contributed by atoms with E-state index in [1.165, 1.54) is 12.1 Å². The number of hydrogen-bond donors (Lipinski definition) is 1. The molecule has 0 radical (unpaired) electrons. The minimum atomic E-state index is -0.600. The maximum Gasteiger partial charge on any atom is 0.411 e. The summed E-state index contributed by atoms with van der Waals surface area (Å²) in [6, 6.07) is 6.06. The van der Waals surface area contributed by atoms with Crippen LogP contribution in [0.4, 0.5) is 10.5 Å². The highest BCUT2D eigenvalue weighted by atomic mass is 16.5. The van der Waals surface area contributed by atoms with Gasteiger partial charge in [-0.25, -0.2) is 9.59 Å². The standard InChI is InChI=1S/C16H17NO6/c1-3-21-14(18)7-10-8-15(19)23-13-9-11(5-6-12(10)13)17-16(20)22-4-2/h5-6,8-9H,3-4,7H2,1-2H3,(H,17,20). The highest BCUT2D eigenvalue weighted by Crippen LogP contribution is 2.22. The number of nitrogens with one attached hydrogen (secondary N) is 1. The minimum absolute atomic E-state index is 0.0272. The Balaban J connectivity index is 2.34. The summed E-state index contributed by atoms with van der Waals surface area (Å²) in [4.78, 5) is 34.7. The number of hydrogen-bond acceptors (Lipinski definition) is 6. The van der Waals surface area contributed by atoms with Gasteiger partial charge in [0.15, 0.2) is 0 Å². The molecule has 0 atom stereocenters.